The topological polar surface area (TPSA) is 76.3 Å². The minimum atomic E-state index is -3.43. The summed E-state index contributed by atoms with van der Waals surface area (Å²) in [5.41, 5.74) is 5.65. The molecule has 0 spiro atoms. The van der Waals surface area contributed by atoms with Gasteiger partial charge in [0.2, 0.25) is 10.0 Å². The van der Waals surface area contributed by atoms with E-state index in [1.165, 1.54) is 10.5 Å². The summed E-state index contributed by atoms with van der Waals surface area (Å²) in [5.74, 6) is 0. The summed E-state index contributed by atoms with van der Waals surface area (Å²) >= 11 is 0. The fraction of sp³-hybridized carbons (Fsp3) is 0.545. The largest absolute Gasteiger partial charge is 0.329 e. The van der Waals surface area contributed by atoms with Crippen molar-refractivity contribution in [2.24, 2.45) is 5.73 Å². The van der Waals surface area contributed by atoms with E-state index in [4.69, 9.17) is 5.73 Å². The molecule has 0 radical (unpaired) electrons. The summed E-state index contributed by atoms with van der Waals surface area (Å²) in [6, 6.07) is 3.13. The third kappa shape index (κ3) is 2.48. The maximum absolute atomic E-state index is 12.4. The van der Waals surface area contributed by atoms with Crippen molar-refractivity contribution in [3.63, 3.8) is 0 Å². The van der Waals surface area contributed by atoms with E-state index in [9.17, 15) is 8.42 Å². The minimum absolute atomic E-state index is 0.0750. The fourth-order valence-electron chi connectivity index (χ4n) is 2.16. The molecule has 0 saturated carbocycles. The Morgan fingerprint density at radius 1 is 1.47 bits per heavy atom. The van der Waals surface area contributed by atoms with Gasteiger partial charge < -0.3 is 5.73 Å². The highest BCUT2D eigenvalue weighted by Gasteiger charge is 2.32. The SMILES string of the molecule is NCC1CCCCN1S(=O)(=O)c1cccnc1. The molecule has 5 nitrogen and oxygen atoms in total. The second-order valence-electron chi connectivity index (χ2n) is 4.19. The van der Waals surface area contributed by atoms with Crippen LogP contribution in [0.5, 0.6) is 0 Å². The van der Waals surface area contributed by atoms with Gasteiger partial charge >= 0.3 is 0 Å². The molecule has 1 atom stereocenters. The first-order valence-electron chi connectivity index (χ1n) is 5.78. The lowest BCUT2D eigenvalue weighted by Crippen LogP contribution is -2.47. The van der Waals surface area contributed by atoms with Gasteiger partial charge in [0.05, 0.1) is 0 Å². The van der Waals surface area contributed by atoms with Gasteiger partial charge in [-0.25, -0.2) is 8.42 Å². The first kappa shape index (κ1) is 12.5. The van der Waals surface area contributed by atoms with Crippen LogP contribution in [0.15, 0.2) is 29.4 Å². The van der Waals surface area contributed by atoms with Gasteiger partial charge in [-0.1, -0.05) is 6.42 Å². The van der Waals surface area contributed by atoms with Crippen LogP contribution in [0.25, 0.3) is 0 Å². The number of aromatic nitrogens is 1. The molecule has 1 aromatic heterocycles. The van der Waals surface area contributed by atoms with Crippen molar-refractivity contribution in [3.8, 4) is 0 Å². The summed E-state index contributed by atoms with van der Waals surface area (Å²) in [7, 11) is -3.43. The van der Waals surface area contributed by atoms with Crippen molar-refractivity contribution >= 4 is 10.0 Å². The van der Waals surface area contributed by atoms with Gasteiger partial charge in [-0.05, 0) is 25.0 Å². The van der Waals surface area contributed by atoms with Crippen LogP contribution in [0.4, 0.5) is 0 Å². The molecule has 2 heterocycles. The monoisotopic (exact) mass is 255 g/mol. The van der Waals surface area contributed by atoms with Gasteiger partial charge in [-0.2, -0.15) is 4.31 Å². The summed E-state index contributed by atoms with van der Waals surface area (Å²) in [5, 5.41) is 0. The Morgan fingerprint density at radius 3 is 2.94 bits per heavy atom. The standard InChI is InChI=1S/C11H17N3O2S/c12-8-10-4-1-2-7-14(10)17(15,16)11-5-3-6-13-9-11/h3,5-6,9-10H,1-2,4,7-8,12H2. The average Bonchev–Trinajstić information content (AvgIpc) is 2.39. The van der Waals surface area contributed by atoms with E-state index in [1.807, 2.05) is 0 Å². The van der Waals surface area contributed by atoms with Crippen LogP contribution < -0.4 is 5.73 Å². The first-order valence-corrected chi connectivity index (χ1v) is 7.22. The van der Waals surface area contributed by atoms with Crippen molar-refractivity contribution in [3.05, 3.63) is 24.5 Å². The summed E-state index contributed by atoms with van der Waals surface area (Å²) in [6.45, 7) is 0.929. The molecule has 6 heteroatoms. The fourth-order valence-corrected chi connectivity index (χ4v) is 3.83. The van der Waals surface area contributed by atoms with E-state index in [0.717, 1.165) is 19.3 Å². The lowest BCUT2D eigenvalue weighted by atomic mass is 10.1. The molecule has 0 aliphatic carbocycles. The number of piperidine rings is 1. The number of sulfonamides is 1. The van der Waals surface area contributed by atoms with Gasteiger partial charge in [-0.3, -0.25) is 4.98 Å². The third-order valence-corrected chi connectivity index (χ3v) is 5.02. The lowest BCUT2D eigenvalue weighted by Gasteiger charge is -2.33. The lowest BCUT2D eigenvalue weighted by molar-refractivity contribution is 0.257. The summed E-state index contributed by atoms with van der Waals surface area (Å²) < 4.78 is 26.3. The van der Waals surface area contributed by atoms with E-state index in [1.54, 1.807) is 18.3 Å². The molecule has 0 bridgehead atoms. The third-order valence-electron chi connectivity index (χ3n) is 3.09. The predicted octanol–water partition coefficient (Wildman–Crippen LogP) is 0.583. The summed E-state index contributed by atoms with van der Waals surface area (Å²) in [6.07, 6.45) is 5.74. The Morgan fingerprint density at radius 2 is 2.29 bits per heavy atom. The zero-order valence-corrected chi connectivity index (χ0v) is 10.4. The molecule has 17 heavy (non-hydrogen) atoms. The molecule has 1 aliphatic rings. The van der Waals surface area contributed by atoms with Gasteiger partial charge in [0.25, 0.3) is 0 Å². The van der Waals surface area contributed by atoms with Crippen molar-refractivity contribution < 1.29 is 8.42 Å². The first-order chi connectivity index (χ1) is 8.16. The van der Waals surface area contributed by atoms with Crippen LogP contribution in [0.2, 0.25) is 0 Å². The Labute approximate surface area is 102 Å². The predicted molar refractivity (Wildman–Crippen MR) is 64.8 cm³/mol. The zero-order valence-electron chi connectivity index (χ0n) is 9.62. The van der Waals surface area contributed by atoms with Gasteiger partial charge in [0, 0.05) is 31.5 Å². The number of nitrogens with two attached hydrogens (primary N) is 1. The second-order valence-corrected chi connectivity index (χ2v) is 6.08. The normalized spacial score (nSPS) is 22.5. The molecular formula is C11H17N3O2S. The smallest absolute Gasteiger partial charge is 0.244 e. The highest BCUT2D eigenvalue weighted by molar-refractivity contribution is 7.89. The van der Waals surface area contributed by atoms with Crippen LogP contribution in [0.3, 0.4) is 0 Å². The van der Waals surface area contributed by atoms with Gasteiger partial charge in [0.1, 0.15) is 4.90 Å². The van der Waals surface area contributed by atoms with Crippen LogP contribution in [-0.2, 0) is 10.0 Å². The van der Waals surface area contributed by atoms with Crippen LogP contribution in [0.1, 0.15) is 19.3 Å². The van der Waals surface area contributed by atoms with Crippen molar-refractivity contribution in [2.45, 2.75) is 30.2 Å². The maximum Gasteiger partial charge on any atom is 0.244 e. The van der Waals surface area contributed by atoms with Crippen LogP contribution >= 0.6 is 0 Å². The van der Waals surface area contributed by atoms with E-state index in [0.29, 0.717) is 13.1 Å². The number of hydrogen-bond donors (Lipinski definition) is 1. The van der Waals surface area contributed by atoms with Crippen LogP contribution in [0, 0.1) is 0 Å². The van der Waals surface area contributed by atoms with E-state index in [2.05, 4.69) is 4.98 Å². The average molecular weight is 255 g/mol. The molecule has 1 aliphatic heterocycles. The maximum atomic E-state index is 12.4. The second kappa shape index (κ2) is 5.12. The molecule has 0 aromatic carbocycles. The van der Waals surface area contributed by atoms with Gasteiger partial charge in [0.15, 0.2) is 0 Å². The Kier molecular flexibility index (Phi) is 3.76. The minimum Gasteiger partial charge on any atom is -0.329 e. The van der Waals surface area contributed by atoms with E-state index >= 15 is 0 Å². The molecule has 1 saturated heterocycles. The van der Waals surface area contributed by atoms with Crippen molar-refractivity contribution in [1.29, 1.82) is 0 Å². The Hall–Kier alpha value is -0.980. The van der Waals surface area contributed by atoms with E-state index in [-0.39, 0.29) is 10.9 Å². The zero-order chi connectivity index (χ0) is 12.3. The van der Waals surface area contributed by atoms with Crippen molar-refractivity contribution in [2.75, 3.05) is 13.1 Å². The number of hydrogen-bond acceptors (Lipinski definition) is 4. The highest BCUT2D eigenvalue weighted by Crippen LogP contribution is 2.24. The Bertz CT molecular complexity index is 461. The molecule has 2 rings (SSSR count). The number of rotatable bonds is 3. The number of pyridine rings is 1. The van der Waals surface area contributed by atoms with Crippen molar-refractivity contribution in [1.82, 2.24) is 9.29 Å². The van der Waals surface area contributed by atoms with Gasteiger partial charge in [-0.15, -0.1) is 0 Å². The molecule has 94 valence electrons. The quantitative estimate of drug-likeness (QED) is 0.857. The molecule has 0 amide bonds. The highest BCUT2D eigenvalue weighted by atomic mass is 32.2. The van der Waals surface area contributed by atoms with Crippen LogP contribution in [-0.4, -0.2) is 36.8 Å². The molecular weight excluding hydrogens is 238 g/mol. The molecule has 2 N–H and O–H groups in total. The van der Waals surface area contributed by atoms with E-state index < -0.39 is 10.0 Å². The summed E-state index contributed by atoms with van der Waals surface area (Å²) in [4.78, 5) is 4.11. The molecule has 1 aromatic rings. The Balaban J connectivity index is 2.31. The molecule has 1 fully saturated rings. The number of nitrogens with zero attached hydrogens (tertiary/aromatic N) is 2. The molecule has 1 unspecified atom stereocenters.